The number of amides is 1. The third kappa shape index (κ3) is 4.48. The van der Waals surface area contributed by atoms with Crippen molar-refractivity contribution in [1.29, 1.82) is 0 Å². The van der Waals surface area contributed by atoms with Crippen LogP contribution >= 0.6 is 0 Å². The molecule has 0 saturated heterocycles. The van der Waals surface area contributed by atoms with Gasteiger partial charge in [0, 0.05) is 0 Å². The highest BCUT2D eigenvalue weighted by Crippen LogP contribution is 2.08. The quantitative estimate of drug-likeness (QED) is 0.719. The molecule has 15 heavy (non-hydrogen) atoms. The smallest absolute Gasteiger partial charge is 0.422 e. The van der Waals surface area contributed by atoms with Gasteiger partial charge in [-0.1, -0.05) is 13.8 Å². The van der Waals surface area contributed by atoms with Crippen molar-refractivity contribution >= 4 is 16.3 Å². The number of hydrogen-bond acceptors (Lipinski definition) is 3. The lowest BCUT2D eigenvalue weighted by Crippen LogP contribution is -2.55. The largest absolute Gasteiger partial charge is 0.464 e. The molecule has 0 aromatic carbocycles. The van der Waals surface area contributed by atoms with E-state index in [2.05, 4.69) is 0 Å². The van der Waals surface area contributed by atoms with Gasteiger partial charge in [-0.05, 0) is 13.8 Å². The first kappa shape index (κ1) is 16.6. The van der Waals surface area contributed by atoms with Crippen LogP contribution in [-0.4, -0.2) is 43.6 Å². The summed E-state index contributed by atoms with van der Waals surface area (Å²) >= 11 is 0. The number of carbonyl (C=O) groups is 1. The monoisotopic (exact) mass is 241 g/mol. The number of carboxylic acid groups (broad SMARTS) is 1. The lowest BCUT2D eigenvalue weighted by molar-refractivity contribution is -0.781. The van der Waals surface area contributed by atoms with E-state index in [0.29, 0.717) is 13.1 Å². The van der Waals surface area contributed by atoms with Crippen LogP contribution in [0.15, 0.2) is 0 Å². The second kappa shape index (κ2) is 6.62. The van der Waals surface area contributed by atoms with Gasteiger partial charge in [-0.2, -0.15) is 13.1 Å². The van der Waals surface area contributed by atoms with Gasteiger partial charge >= 0.3 is 16.3 Å². The van der Waals surface area contributed by atoms with E-state index in [0.717, 1.165) is 0 Å². The SMILES string of the molecule is CC.CC[N+](C)(CC)S(=O)(=O)NC(=O)O. The predicted molar refractivity (Wildman–Crippen MR) is 58.7 cm³/mol. The van der Waals surface area contributed by atoms with Crippen LogP contribution < -0.4 is 4.72 Å². The van der Waals surface area contributed by atoms with Gasteiger partial charge in [0.1, 0.15) is 0 Å². The molecular weight excluding hydrogens is 220 g/mol. The third-order valence-electron chi connectivity index (χ3n) is 2.13. The Bertz CT molecular complexity index is 283. The molecule has 0 aromatic rings. The Hall–Kier alpha value is -0.820. The summed E-state index contributed by atoms with van der Waals surface area (Å²) in [6.45, 7) is 8.01. The van der Waals surface area contributed by atoms with E-state index in [1.807, 2.05) is 13.8 Å². The predicted octanol–water partition coefficient (Wildman–Crippen LogP) is 1.01. The van der Waals surface area contributed by atoms with Crippen molar-refractivity contribution in [2.24, 2.45) is 0 Å². The Morgan fingerprint density at radius 3 is 1.80 bits per heavy atom. The maximum Gasteiger partial charge on any atom is 0.422 e. The fraction of sp³-hybridized carbons (Fsp3) is 0.875. The molecule has 0 saturated carbocycles. The average Bonchev–Trinajstić information content (AvgIpc) is 2.17. The number of hydrogen-bond donors (Lipinski definition) is 2. The third-order valence-corrected chi connectivity index (χ3v) is 4.24. The van der Waals surface area contributed by atoms with Crippen LogP contribution in [0.1, 0.15) is 27.7 Å². The Labute approximate surface area is 91.7 Å². The number of quaternary nitrogens is 1. The molecule has 7 heteroatoms. The van der Waals surface area contributed by atoms with Crippen molar-refractivity contribution in [1.82, 2.24) is 4.72 Å². The van der Waals surface area contributed by atoms with Gasteiger partial charge in [0.05, 0.1) is 20.1 Å². The molecular formula is C8H21N2O4S+. The summed E-state index contributed by atoms with van der Waals surface area (Å²) in [5, 5.41) is 8.30. The first-order valence-electron chi connectivity index (χ1n) is 4.89. The average molecular weight is 241 g/mol. The summed E-state index contributed by atoms with van der Waals surface area (Å²) < 4.78 is 24.0. The molecule has 0 aromatic heterocycles. The standard InChI is InChI=1S/C6H14N2O4S.C2H6/c1-4-8(3,5-2)13(11,12)7-6(9)10;1-2/h7H,4-5H2,1-3H3;1-2H3/p+1. The topological polar surface area (TPSA) is 83.5 Å². The van der Waals surface area contributed by atoms with Crippen molar-refractivity contribution in [3.63, 3.8) is 0 Å². The normalized spacial score (nSPS) is 11.3. The van der Waals surface area contributed by atoms with Gasteiger partial charge in [-0.3, -0.25) is 0 Å². The molecule has 0 radical (unpaired) electrons. The number of nitrogens with one attached hydrogen (secondary N) is 1. The Balaban J connectivity index is 0. The van der Waals surface area contributed by atoms with Crippen molar-refractivity contribution in [3.05, 3.63) is 0 Å². The summed E-state index contributed by atoms with van der Waals surface area (Å²) in [5.74, 6) is 0. The molecule has 6 nitrogen and oxygen atoms in total. The minimum atomic E-state index is -3.83. The van der Waals surface area contributed by atoms with Crippen LogP contribution in [0.4, 0.5) is 4.79 Å². The van der Waals surface area contributed by atoms with E-state index in [1.54, 1.807) is 13.8 Å². The van der Waals surface area contributed by atoms with Crippen molar-refractivity contribution in [3.8, 4) is 0 Å². The van der Waals surface area contributed by atoms with Gasteiger partial charge in [0.2, 0.25) is 0 Å². The molecule has 0 aliphatic rings. The zero-order valence-corrected chi connectivity index (χ0v) is 10.8. The second-order valence-corrected chi connectivity index (χ2v) is 4.85. The minimum Gasteiger partial charge on any atom is -0.464 e. The van der Waals surface area contributed by atoms with Crippen LogP contribution in [0.2, 0.25) is 0 Å². The van der Waals surface area contributed by atoms with Crippen molar-refractivity contribution < 1.29 is 22.2 Å². The maximum atomic E-state index is 11.4. The molecule has 92 valence electrons. The zero-order chi connectivity index (χ0) is 12.7. The highest BCUT2D eigenvalue weighted by atomic mass is 32.2. The highest BCUT2D eigenvalue weighted by molar-refractivity contribution is 7.84. The van der Waals surface area contributed by atoms with E-state index >= 15 is 0 Å². The first-order valence-corrected chi connectivity index (χ1v) is 6.33. The van der Waals surface area contributed by atoms with Crippen LogP contribution in [0, 0.1) is 0 Å². The molecule has 0 atom stereocenters. The van der Waals surface area contributed by atoms with E-state index < -0.39 is 16.3 Å². The number of rotatable bonds is 4. The van der Waals surface area contributed by atoms with Gasteiger partial charge in [-0.15, -0.1) is 0 Å². The molecule has 0 unspecified atom stereocenters. The highest BCUT2D eigenvalue weighted by Gasteiger charge is 2.35. The fourth-order valence-corrected chi connectivity index (χ4v) is 1.90. The summed E-state index contributed by atoms with van der Waals surface area (Å²) in [6, 6.07) is 0. The molecule has 0 aliphatic carbocycles. The van der Waals surface area contributed by atoms with Crippen LogP contribution in [0.3, 0.4) is 0 Å². The van der Waals surface area contributed by atoms with Crippen LogP contribution in [0.5, 0.6) is 0 Å². The summed E-state index contributed by atoms with van der Waals surface area (Å²) in [5.41, 5.74) is 0. The summed E-state index contributed by atoms with van der Waals surface area (Å²) in [4.78, 5) is 10.2. The first-order chi connectivity index (χ1) is 6.79. The van der Waals surface area contributed by atoms with E-state index in [1.165, 1.54) is 11.8 Å². The maximum absolute atomic E-state index is 11.4. The summed E-state index contributed by atoms with van der Waals surface area (Å²) in [7, 11) is -2.37. The Morgan fingerprint density at radius 1 is 1.27 bits per heavy atom. The molecule has 0 bridgehead atoms. The Morgan fingerprint density at radius 2 is 1.60 bits per heavy atom. The zero-order valence-electron chi connectivity index (χ0n) is 9.94. The molecule has 0 aliphatic heterocycles. The van der Waals surface area contributed by atoms with Crippen molar-refractivity contribution in [2.75, 3.05) is 20.1 Å². The van der Waals surface area contributed by atoms with Gasteiger partial charge in [0.25, 0.3) is 0 Å². The van der Waals surface area contributed by atoms with E-state index in [9.17, 15) is 13.2 Å². The van der Waals surface area contributed by atoms with Gasteiger partial charge in [-0.25, -0.2) is 8.68 Å². The number of nitrogens with zero attached hydrogens (tertiary/aromatic N) is 1. The van der Waals surface area contributed by atoms with Crippen molar-refractivity contribution in [2.45, 2.75) is 27.7 Å². The fourth-order valence-electron chi connectivity index (χ4n) is 0.784. The van der Waals surface area contributed by atoms with E-state index in [4.69, 9.17) is 5.11 Å². The van der Waals surface area contributed by atoms with Crippen LogP contribution in [0.25, 0.3) is 0 Å². The molecule has 0 spiro atoms. The Kier molecular flexibility index (Phi) is 7.33. The van der Waals surface area contributed by atoms with Gasteiger partial charge < -0.3 is 5.11 Å². The van der Waals surface area contributed by atoms with Crippen LogP contribution in [-0.2, 0) is 10.2 Å². The molecule has 0 fully saturated rings. The lowest BCUT2D eigenvalue weighted by atomic mass is 10.6. The van der Waals surface area contributed by atoms with Gasteiger partial charge in [0.15, 0.2) is 0 Å². The second-order valence-electron chi connectivity index (χ2n) is 2.81. The lowest BCUT2D eigenvalue weighted by Gasteiger charge is -2.29. The molecule has 1 amide bonds. The molecule has 0 heterocycles. The molecule has 2 N–H and O–H groups in total. The molecule has 0 rings (SSSR count). The summed E-state index contributed by atoms with van der Waals surface area (Å²) in [6.07, 6.45) is -1.55. The van der Waals surface area contributed by atoms with E-state index in [-0.39, 0.29) is 3.89 Å². The minimum absolute atomic E-state index is 0.319.